The van der Waals surface area contributed by atoms with Crippen molar-refractivity contribution >= 4 is 16.9 Å². The minimum atomic E-state index is -1.03. The highest BCUT2D eigenvalue weighted by Crippen LogP contribution is 2.34. The molecule has 0 aliphatic heterocycles. The Balaban J connectivity index is 1.70. The molecule has 0 radical (unpaired) electrons. The summed E-state index contributed by atoms with van der Waals surface area (Å²) in [5, 5.41) is 31.8. The Morgan fingerprint density at radius 3 is 2.39 bits per heavy atom. The van der Waals surface area contributed by atoms with Crippen LogP contribution >= 0.6 is 0 Å². The first kappa shape index (κ1) is 22.0. The number of quaternary nitrogens is 1. The highest BCUT2D eigenvalue weighted by molar-refractivity contribution is 5.90. The van der Waals surface area contributed by atoms with E-state index in [0.717, 1.165) is 11.6 Å². The number of rotatable bonds is 7. The van der Waals surface area contributed by atoms with Crippen LogP contribution in [-0.2, 0) is 17.8 Å². The molecular weight excluding hydrogens is 429 g/mol. The fraction of sp³-hybridized carbons (Fsp3) is 0.120. The van der Waals surface area contributed by atoms with E-state index in [0.29, 0.717) is 5.56 Å². The first-order valence-corrected chi connectivity index (χ1v) is 10.2. The maximum Gasteiger partial charge on any atom is 0.362 e. The van der Waals surface area contributed by atoms with Crippen LogP contribution in [0.2, 0.25) is 0 Å². The molecule has 8 heteroatoms. The van der Waals surface area contributed by atoms with Crippen molar-refractivity contribution in [1.29, 1.82) is 0 Å². The molecule has 33 heavy (non-hydrogen) atoms. The number of phenols is 2. The molecule has 1 heterocycles. The van der Waals surface area contributed by atoms with Crippen LogP contribution in [0.1, 0.15) is 11.1 Å². The van der Waals surface area contributed by atoms with Crippen molar-refractivity contribution in [1.82, 2.24) is 0 Å². The Hall–Kier alpha value is -4.17. The molecule has 0 aliphatic carbocycles. The molecule has 4 aromatic rings. The maximum absolute atomic E-state index is 13.2. The average molecular weight is 450 g/mol. The van der Waals surface area contributed by atoms with Crippen molar-refractivity contribution in [3.63, 3.8) is 0 Å². The summed E-state index contributed by atoms with van der Waals surface area (Å²) >= 11 is 0. The molecule has 0 saturated heterocycles. The molecule has 1 atom stereocenters. The Labute approximate surface area is 187 Å². The summed E-state index contributed by atoms with van der Waals surface area (Å²) in [7, 11) is 0. The molecule has 0 bridgehead atoms. The van der Waals surface area contributed by atoms with E-state index in [4.69, 9.17) is 4.42 Å². The van der Waals surface area contributed by atoms with E-state index in [9.17, 15) is 29.3 Å². The fourth-order valence-electron chi connectivity index (χ4n) is 3.75. The number of fused-ring (bicyclic) bond motifs is 1. The number of hydrogen-bond acceptors (Lipinski definition) is 5. The van der Waals surface area contributed by atoms with Crippen molar-refractivity contribution < 1.29 is 34.2 Å². The van der Waals surface area contributed by atoms with Crippen LogP contribution in [-0.4, -0.2) is 27.3 Å². The van der Waals surface area contributed by atoms with E-state index in [1.807, 2.05) is 30.3 Å². The molecule has 0 spiro atoms. The molecule has 0 amide bonds. The molecule has 1 unspecified atom stereocenters. The van der Waals surface area contributed by atoms with Gasteiger partial charge in [0.15, 0.2) is 11.6 Å². The van der Waals surface area contributed by atoms with Crippen molar-refractivity contribution in [2.24, 2.45) is 0 Å². The largest absolute Gasteiger partial charge is 0.507 e. The van der Waals surface area contributed by atoms with Crippen LogP contribution in [0.25, 0.3) is 22.1 Å². The fourth-order valence-corrected chi connectivity index (χ4v) is 3.75. The van der Waals surface area contributed by atoms with Crippen LogP contribution in [0.15, 0.2) is 76.1 Å². The Bertz CT molecular complexity index is 1370. The summed E-state index contributed by atoms with van der Waals surface area (Å²) in [6, 6.07) is 14.6. The molecule has 168 valence electrons. The first-order chi connectivity index (χ1) is 15.8. The van der Waals surface area contributed by atoms with E-state index in [-0.39, 0.29) is 40.8 Å². The summed E-state index contributed by atoms with van der Waals surface area (Å²) in [5.74, 6) is -2.28. The molecule has 1 aromatic heterocycles. The Kier molecular flexibility index (Phi) is 6.10. The number of halogens is 1. The van der Waals surface area contributed by atoms with E-state index < -0.39 is 29.0 Å². The Morgan fingerprint density at radius 2 is 1.73 bits per heavy atom. The highest BCUT2D eigenvalue weighted by Gasteiger charge is 2.25. The Morgan fingerprint density at radius 1 is 1.03 bits per heavy atom. The van der Waals surface area contributed by atoms with Gasteiger partial charge in [-0.25, -0.2) is 9.18 Å². The van der Waals surface area contributed by atoms with Crippen molar-refractivity contribution in [2.45, 2.75) is 19.0 Å². The van der Waals surface area contributed by atoms with Gasteiger partial charge in [0.2, 0.25) is 5.43 Å². The lowest BCUT2D eigenvalue weighted by Gasteiger charge is -2.14. The molecule has 4 rings (SSSR count). The maximum atomic E-state index is 13.2. The van der Waals surface area contributed by atoms with Gasteiger partial charge in [0.1, 0.15) is 35.5 Å². The molecular formula is C25H21FNO6+. The van der Waals surface area contributed by atoms with Crippen LogP contribution in [0.4, 0.5) is 4.39 Å². The van der Waals surface area contributed by atoms with E-state index in [1.54, 1.807) is 0 Å². The second kappa shape index (κ2) is 9.13. The smallest absolute Gasteiger partial charge is 0.362 e. The average Bonchev–Trinajstić information content (AvgIpc) is 2.79. The highest BCUT2D eigenvalue weighted by atomic mass is 19.1. The molecule has 3 aromatic carbocycles. The van der Waals surface area contributed by atoms with Gasteiger partial charge in [0.25, 0.3) is 0 Å². The third kappa shape index (κ3) is 4.56. The molecule has 5 N–H and O–H groups in total. The zero-order chi connectivity index (χ0) is 23.5. The van der Waals surface area contributed by atoms with Gasteiger partial charge < -0.3 is 25.1 Å². The summed E-state index contributed by atoms with van der Waals surface area (Å²) in [4.78, 5) is 24.9. The van der Waals surface area contributed by atoms with Gasteiger partial charge in [-0.3, -0.25) is 4.79 Å². The molecule has 0 fully saturated rings. The number of carboxylic acids is 1. The normalized spacial score (nSPS) is 12.0. The second-order valence-corrected chi connectivity index (χ2v) is 7.66. The molecule has 0 aliphatic rings. The van der Waals surface area contributed by atoms with Crippen LogP contribution in [0, 0.1) is 5.82 Å². The van der Waals surface area contributed by atoms with E-state index >= 15 is 0 Å². The van der Waals surface area contributed by atoms with Crippen molar-refractivity contribution in [3.8, 4) is 22.6 Å². The van der Waals surface area contributed by atoms with Gasteiger partial charge in [-0.1, -0.05) is 42.5 Å². The standard InChI is InChI=1S/C25H20FNO6/c26-16-8-6-15(7-9-16)18-13-33-24-17(20(28)11-21(29)22(24)23(18)30)12-27-19(25(31)32)10-14-4-2-1-3-5-14/h1-9,11,13,19,27-29H,10,12H2,(H,31,32)/p+1. The topological polar surface area (TPSA) is 125 Å². The van der Waals surface area contributed by atoms with Crippen LogP contribution in [0.5, 0.6) is 11.5 Å². The molecule has 7 nitrogen and oxygen atoms in total. The molecule has 0 saturated carbocycles. The second-order valence-electron chi connectivity index (χ2n) is 7.66. The monoisotopic (exact) mass is 450 g/mol. The third-order valence-electron chi connectivity index (χ3n) is 5.48. The number of carboxylic acid groups (broad SMARTS) is 1. The van der Waals surface area contributed by atoms with Gasteiger partial charge in [0.05, 0.1) is 11.1 Å². The predicted molar refractivity (Wildman–Crippen MR) is 118 cm³/mol. The van der Waals surface area contributed by atoms with Crippen LogP contribution < -0.4 is 10.7 Å². The number of hydrogen-bond donors (Lipinski definition) is 4. The lowest BCUT2D eigenvalue weighted by atomic mass is 10.0. The number of aliphatic carboxylic acids is 1. The summed E-state index contributed by atoms with van der Waals surface area (Å²) in [6.45, 7) is -0.00868. The van der Waals surface area contributed by atoms with Gasteiger partial charge in [0, 0.05) is 12.5 Å². The van der Waals surface area contributed by atoms with E-state index in [1.165, 1.54) is 35.8 Å². The number of phenolic OH excluding ortho intramolecular Hbond substituents is 2. The van der Waals surface area contributed by atoms with Crippen molar-refractivity contribution in [2.75, 3.05) is 0 Å². The first-order valence-electron chi connectivity index (χ1n) is 10.2. The van der Waals surface area contributed by atoms with Gasteiger partial charge in [-0.15, -0.1) is 0 Å². The lowest BCUT2D eigenvalue weighted by molar-refractivity contribution is -0.693. The quantitative estimate of drug-likeness (QED) is 0.343. The lowest BCUT2D eigenvalue weighted by Crippen LogP contribution is -2.91. The zero-order valence-electron chi connectivity index (χ0n) is 17.4. The summed E-state index contributed by atoms with van der Waals surface area (Å²) in [6.07, 6.45) is 1.44. The third-order valence-corrected chi connectivity index (χ3v) is 5.48. The van der Waals surface area contributed by atoms with Gasteiger partial charge >= 0.3 is 5.97 Å². The van der Waals surface area contributed by atoms with Crippen LogP contribution in [0.3, 0.4) is 0 Å². The predicted octanol–water partition coefficient (Wildman–Crippen LogP) is 2.77. The minimum absolute atomic E-state index is 0.00868. The summed E-state index contributed by atoms with van der Waals surface area (Å²) in [5.41, 5.74) is 0.956. The summed E-state index contributed by atoms with van der Waals surface area (Å²) < 4.78 is 18.9. The number of benzene rings is 3. The number of nitrogens with two attached hydrogens (primary N) is 1. The SMILES string of the molecule is O=C(O)C(Cc1ccccc1)[NH2+]Cc1c(O)cc(O)c2c(=O)c(-c3ccc(F)cc3)coc12. The van der Waals surface area contributed by atoms with Gasteiger partial charge in [-0.2, -0.15) is 0 Å². The van der Waals surface area contributed by atoms with Gasteiger partial charge in [-0.05, 0) is 23.3 Å². The number of aromatic hydroxyl groups is 2. The minimum Gasteiger partial charge on any atom is -0.507 e. The number of carbonyl (C=O) groups is 1. The van der Waals surface area contributed by atoms with Crippen molar-refractivity contribution in [3.05, 3.63) is 94.1 Å². The van der Waals surface area contributed by atoms with E-state index in [2.05, 4.69) is 0 Å². The zero-order valence-corrected chi connectivity index (χ0v) is 17.4.